The fraction of sp³-hybridized carbons (Fsp3) is 0.615. The van der Waals surface area contributed by atoms with E-state index in [0.29, 0.717) is 12.6 Å². The summed E-state index contributed by atoms with van der Waals surface area (Å²) in [5.41, 5.74) is 0.209. The Morgan fingerprint density at radius 3 is 2.88 bits per heavy atom. The van der Waals surface area contributed by atoms with Crippen LogP contribution in [0.2, 0.25) is 0 Å². The number of nitrogens with zero attached hydrogens (tertiary/aromatic N) is 1. The highest BCUT2D eigenvalue weighted by Crippen LogP contribution is 2.44. The van der Waals surface area contributed by atoms with E-state index in [2.05, 4.69) is 19.2 Å². The van der Waals surface area contributed by atoms with Gasteiger partial charge < -0.3 is 9.88 Å². The van der Waals surface area contributed by atoms with Gasteiger partial charge in [-0.25, -0.2) is 0 Å². The number of hydrogen-bond donors (Lipinski definition) is 1. The van der Waals surface area contributed by atoms with Gasteiger partial charge in [-0.2, -0.15) is 0 Å². The fourth-order valence-electron chi connectivity index (χ4n) is 2.22. The lowest BCUT2D eigenvalue weighted by molar-refractivity contribution is 0.116. The van der Waals surface area contributed by atoms with Crippen molar-refractivity contribution in [2.24, 2.45) is 5.41 Å². The van der Waals surface area contributed by atoms with Gasteiger partial charge >= 0.3 is 0 Å². The van der Waals surface area contributed by atoms with Crippen molar-refractivity contribution in [3.8, 4) is 0 Å². The molecule has 0 saturated heterocycles. The van der Waals surface area contributed by atoms with Crippen LogP contribution in [0, 0.1) is 5.41 Å². The first-order valence-corrected chi connectivity index (χ1v) is 6.48. The molecule has 0 amide bonds. The maximum atomic E-state index is 11.5. The van der Waals surface area contributed by atoms with Crippen molar-refractivity contribution in [3.63, 3.8) is 0 Å². The molecule has 3 nitrogen and oxygen atoms in total. The molecular formula is C13H19ClN2O. The number of nitrogens with one attached hydrogen (secondary N) is 1. The van der Waals surface area contributed by atoms with E-state index < -0.39 is 0 Å². The first-order chi connectivity index (χ1) is 8.01. The molecule has 2 rings (SSSR count). The van der Waals surface area contributed by atoms with E-state index in [9.17, 15) is 4.79 Å². The molecule has 0 aromatic carbocycles. The fourth-order valence-corrected chi connectivity index (χ4v) is 2.55. The number of halogens is 1. The van der Waals surface area contributed by atoms with Crippen molar-refractivity contribution < 1.29 is 0 Å². The van der Waals surface area contributed by atoms with Crippen LogP contribution in [0.15, 0.2) is 29.2 Å². The van der Waals surface area contributed by atoms with Crippen LogP contribution in [0.4, 0.5) is 0 Å². The Bertz CT molecular complexity index is 441. The normalized spacial score (nSPS) is 26.5. The van der Waals surface area contributed by atoms with Gasteiger partial charge in [-0.15, -0.1) is 11.6 Å². The van der Waals surface area contributed by atoms with Gasteiger partial charge in [0.15, 0.2) is 0 Å². The highest BCUT2D eigenvalue weighted by molar-refractivity contribution is 6.21. The van der Waals surface area contributed by atoms with E-state index in [1.165, 1.54) is 0 Å². The minimum Gasteiger partial charge on any atom is -0.314 e. The third kappa shape index (κ3) is 2.55. The van der Waals surface area contributed by atoms with Crippen molar-refractivity contribution >= 4 is 11.6 Å². The zero-order chi connectivity index (χ0) is 12.5. The highest BCUT2D eigenvalue weighted by Gasteiger charge is 2.46. The molecule has 17 heavy (non-hydrogen) atoms. The van der Waals surface area contributed by atoms with Gasteiger partial charge in [0.1, 0.15) is 0 Å². The number of rotatable bonds is 4. The molecule has 0 radical (unpaired) electrons. The zero-order valence-corrected chi connectivity index (χ0v) is 11.1. The largest absolute Gasteiger partial charge is 0.314 e. The Balaban J connectivity index is 1.82. The lowest BCUT2D eigenvalue weighted by Gasteiger charge is -2.49. The Morgan fingerprint density at radius 2 is 2.29 bits per heavy atom. The predicted octanol–water partition coefficient (Wildman–Crippen LogP) is 1.84. The number of pyridine rings is 1. The van der Waals surface area contributed by atoms with Crippen LogP contribution in [0.25, 0.3) is 0 Å². The average molecular weight is 255 g/mol. The summed E-state index contributed by atoms with van der Waals surface area (Å²) >= 11 is 6.16. The molecule has 1 heterocycles. The van der Waals surface area contributed by atoms with E-state index in [4.69, 9.17) is 11.6 Å². The summed E-state index contributed by atoms with van der Waals surface area (Å²) in [5.74, 6) is 0. The summed E-state index contributed by atoms with van der Waals surface area (Å²) in [7, 11) is 0. The van der Waals surface area contributed by atoms with Gasteiger partial charge in [-0.1, -0.05) is 19.9 Å². The summed E-state index contributed by atoms with van der Waals surface area (Å²) < 4.78 is 1.72. The number of hydrogen-bond acceptors (Lipinski definition) is 2. The highest BCUT2D eigenvalue weighted by atomic mass is 35.5. The average Bonchev–Trinajstić information content (AvgIpc) is 2.30. The van der Waals surface area contributed by atoms with Crippen molar-refractivity contribution in [2.75, 3.05) is 6.54 Å². The molecule has 1 aromatic heterocycles. The monoisotopic (exact) mass is 254 g/mol. The van der Waals surface area contributed by atoms with Gasteiger partial charge in [0.05, 0.1) is 0 Å². The molecule has 1 N–H and O–H groups in total. The lowest BCUT2D eigenvalue weighted by atomic mass is 9.67. The van der Waals surface area contributed by atoms with Crippen LogP contribution in [0.5, 0.6) is 0 Å². The quantitative estimate of drug-likeness (QED) is 0.832. The minimum atomic E-state index is 0.0531. The number of aromatic nitrogens is 1. The first kappa shape index (κ1) is 12.7. The van der Waals surface area contributed by atoms with Gasteiger partial charge in [0, 0.05) is 36.8 Å². The standard InChI is InChI=1S/C13H19ClN2O/c1-13(2)10(14)9-11(13)15-6-8-16-7-4-3-5-12(16)17/h3-5,7,10-11,15H,6,8-9H2,1-2H3. The van der Waals surface area contributed by atoms with Crippen molar-refractivity contribution in [3.05, 3.63) is 34.7 Å². The second-order valence-electron chi connectivity index (χ2n) is 5.26. The molecule has 1 aliphatic rings. The van der Waals surface area contributed by atoms with E-state index in [1.807, 2.05) is 12.3 Å². The number of alkyl halides is 1. The van der Waals surface area contributed by atoms with Crippen molar-refractivity contribution in [2.45, 2.75) is 38.2 Å². The molecule has 0 spiro atoms. The topological polar surface area (TPSA) is 34.0 Å². The SMILES string of the molecule is CC1(C)C(Cl)CC1NCCn1ccccc1=O. The van der Waals surface area contributed by atoms with Crippen LogP contribution >= 0.6 is 11.6 Å². The van der Waals surface area contributed by atoms with Gasteiger partial charge in [-0.3, -0.25) is 4.79 Å². The van der Waals surface area contributed by atoms with Crippen LogP contribution in [0.1, 0.15) is 20.3 Å². The van der Waals surface area contributed by atoms with Gasteiger partial charge in [0.2, 0.25) is 0 Å². The van der Waals surface area contributed by atoms with Crippen LogP contribution in [0.3, 0.4) is 0 Å². The van der Waals surface area contributed by atoms with E-state index in [-0.39, 0.29) is 16.4 Å². The second-order valence-corrected chi connectivity index (χ2v) is 5.79. The molecule has 1 aliphatic carbocycles. The predicted molar refractivity (Wildman–Crippen MR) is 70.5 cm³/mol. The Hall–Kier alpha value is -0.800. The molecule has 2 atom stereocenters. The summed E-state index contributed by atoms with van der Waals surface area (Å²) in [6.07, 6.45) is 2.83. The summed E-state index contributed by atoms with van der Waals surface area (Å²) in [6, 6.07) is 5.69. The molecule has 94 valence electrons. The molecule has 2 unspecified atom stereocenters. The third-order valence-electron chi connectivity index (χ3n) is 3.79. The Labute approximate surface area is 107 Å². The first-order valence-electron chi connectivity index (χ1n) is 6.05. The molecule has 4 heteroatoms. The van der Waals surface area contributed by atoms with E-state index >= 15 is 0 Å². The van der Waals surface area contributed by atoms with Gasteiger partial charge in [-0.05, 0) is 17.9 Å². The minimum absolute atomic E-state index is 0.0531. The van der Waals surface area contributed by atoms with Crippen LogP contribution in [-0.2, 0) is 6.54 Å². The summed E-state index contributed by atoms with van der Waals surface area (Å²) in [4.78, 5) is 11.5. The molecule has 1 aromatic rings. The molecule has 1 saturated carbocycles. The lowest BCUT2D eigenvalue weighted by Crippen LogP contribution is -2.58. The summed E-state index contributed by atoms with van der Waals surface area (Å²) in [5, 5.41) is 3.73. The molecule has 0 aliphatic heterocycles. The second kappa shape index (κ2) is 4.83. The van der Waals surface area contributed by atoms with Crippen LogP contribution in [-0.4, -0.2) is 22.5 Å². The maximum absolute atomic E-state index is 11.5. The zero-order valence-electron chi connectivity index (χ0n) is 10.3. The molecular weight excluding hydrogens is 236 g/mol. The molecule has 0 bridgehead atoms. The summed E-state index contributed by atoms with van der Waals surface area (Å²) in [6.45, 7) is 5.88. The Morgan fingerprint density at radius 1 is 1.53 bits per heavy atom. The third-order valence-corrected chi connectivity index (χ3v) is 4.53. The van der Waals surface area contributed by atoms with Crippen LogP contribution < -0.4 is 10.9 Å². The van der Waals surface area contributed by atoms with E-state index in [1.54, 1.807) is 16.7 Å². The van der Waals surface area contributed by atoms with Gasteiger partial charge in [0.25, 0.3) is 5.56 Å². The van der Waals surface area contributed by atoms with Crippen molar-refractivity contribution in [1.29, 1.82) is 0 Å². The Kier molecular flexibility index (Phi) is 3.59. The van der Waals surface area contributed by atoms with E-state index in [0.717, 1.165) is 13.0 Å². The van der Waals surface area contributed by atoms with Crippen molar-refractivity contribution in [1.82, 2.24) is 9.88 Å². The smallest absolute Gasteiger partial charge is 0.250 e. The molecule has 1 fully saturated rings. The maximum Gasteiger partial charge on any atom is 0.250 e.